The number of benzene rings is 1. The summed E-state index contributed by atoms with van der Waals surface area (Å²) in [5.74, 6) is -1.17. The molecule has 2 amide bonds. The van der Waals surface area contributed by atoms with Crippen LogP contribution in [0.4, 0.5) is 10.5 Å². The number of amides is 2. The Morgan fingerprint density at radius 3 is 2.55 bits per heavy atom. The van der Waals surface area contributed by atoms with E-state index in [9.17, 15) is 18.0 Å². The lowest BCUT2D eigenvalue weighted by molar-refractivity contribution is 0.0698. The molecule has 0 unspecified atom stereocenters. The second-order valence-electron chi connectivity index (χ2n) is 4.55. The van der Waals surface area contributed by atoms with Crippen LogP contribution in [0.25, 0.3) is 0 Å². The van der Waals surface area contributed by atoms with Gasteiger partial charge in [0.1, 0.15) is 0 Å². The first kappa shape index (κ1) is 14.3. The fourth-order valence-electron chi connectivity index (χ4n) is 2.03. The lowest BCUT2D eigenvalue weighted by atomic mass is 10.2. The Morgan fingerprint density at radius 1 is 1.25 bits per heavy atom. The Morgan fingerprint density at radius 2 is 1.95 bits per heavy atom. The molecule has 0 aliphatic carbocycles. The second kappa shape index (κ2) is 5.49. The van der Waals surface area contributed by atoms with Crippen LogP contribution < -0.4 is 10.6 Å². The fraction of sp³-hybridized carbons (Fsp3) is 0.333. The molecule has 1 saturated heterocycles. The molecule has 7 nitrogen and oxygen atoms in total. The van der Waals surface area contributed by atoms with E-state index < -0.39 is 27.9 Å². The normalized spacial score (nSPS) is 20.3. The SMILES string of the molecule is O=C(Nc1ccccc1C(=O)O)N[C@H]1CCS(=O)(=O)C1. The number of urea groups is 1. The maximum atomic E-state index is 11.7. The highest BCUT2D eigenvalue weighted by atomic mass is 32.2. The lowest BCUT2D eigenvalue weighted by Gasteiger charge is -2.13. The van der Waals surface area contributed by atoms with Crippen molar-refractivity contribution in [3.05, 3.63) is 29.8 Å². The monoisotopic (exact) mass is 298 g/mol. The quantitative estimate of drug-likeness (QED) is 0.760. The number of hydrogen-bond acceptors (Lipinski definition) is 4. The van der Waals surface area contributed by atoms with Crippen molar-refractivity contribution in [2.24, 2.45) is 0 Å². The van der Waals surface area contributed by atoms with E-state index in [4.69, 9.17) is 5.11 Å². The van der Waals surface area contributed by atoms with Crippen molar-refractivity contribution in [3.8, 4) is 0 Å². The van der Waals surface area contributed by atoms with E-state index in [0.717, 1.165) is 0 Å². The smallest absolute Gasteiger partial charge is 0.337 e. The third-order valence-electron chi connectivity index (χ3n) is 2.97. The number of rotatable bonds is 3. The summed E-state index contributed by atoms with van der Waals surface area (Å²) in [6.07, 6.45) is 0.371. The van der Waals surface area contributed by atoms with E-state index in [1.165, 1.54) is 12.1 Å². The van der Waals surface area contributed by atoms with Gasteiger partial charge in [-0.2, -0.15) is 0 Å². The number of hydrogen-bond donors (Lipinski definition) is 3. The van der Waals surface area contributed by atoms with Crippen molar-refractivity contribution in [2.45, 2.75) is 12.5 Å². The summed E-state index contributed by atoms with van der Waals surface area (Å²) in [5.41, 5.74) is 0.139. The Hall–Kier alpha value is -2.09. The Bertz CT molecular complexity index is 641. The van der Waals surface area contributed by atoms with Gasteiger partial charge in [0, 0.05) is 6.04 Å². The Balaban J connectivity index is 2.01. The molecule has 0 aromatic heterocycles. The number of carbonyl (C=O) groups is 2. The highest BCUT2D eigenvalue weighted by molar-refractivity contribution is 7.91. The number of carboxylic acids is 1. The minimum atomic E-state index is -3.07. The van der Waals surface area contributed by atoms with Crippen LogP contribution in [0.3, 0.4) is 0 Å². The second-order valence-corrected chi connectivity index (χ2v) is 6.78. The van der Waals surface area contributed by atoms with Gasteiger partial charge in [-0.1, -0.05) is 12.1 Å². The van der Waals surface area contributed by atoms with E-state index >= 15 is 0 Å². The average molecular weight is 298 g/mol. The van der Waals surface area contributed by atoms with Gasteiger partial charge >= 0.3 is 12.0 Å². The molecule has 2 rings (SSSR count). The van der Waals surface area contributed by atoms with Crippen molar-refractivity contribution in [2.75, 3.05) is 16.8 Å². The Labute approximate surface area is 115 Å². The maximum absolute atomic E-state index is 11.7. The summed E-state index contributed by atoms with van der Waals surface area (Å²) in [7, 11) is -3.07. The van der Waals surface area contributed by atoms with Crippen LogP contribution in [0, 0.1) is 0 Å². The summed E-state index contributed by atoms with van der Waals surface area (Å²) in [4.78, 5) is 22.7. The first-order valence-electron chi connectivity index (χ1n) is 5.98. The van der Waals surface area contributed by atoms with Gasteiger partial charge < -0.3 is 15.7 Å². The van der Waals surface area contributed by atoms with Crippen LogP contribution in [-0.2, 0) is 9.84 Å². The zero-order valence-electron chi connectivity index (χ0n) is 10.5. The highest BCUT2D eigenvalue weighted by Crippen LogP contribution is 2.15. The minimum absolute atomic E-state index is 0.0262. The van der Waals surface area contributed by atoms with Crippen molar-refractivity contribution in [3.63, 3.8) is 0 Å². The van der Waals surface area contributed by atoms with Crippen LogP contribution in [-0.4, -0.2) is 43.1 Å². The largest absolute Gasteiger partial charge is 0.478 e. The van der Waals surface area contributed by atoms with Gasteiger partial charge in [0.05, 0.1) is 22.8 Å². The number of para-hydroxylation sites is 1. The van der Waals surface area contributed by atoms with Gasteiger partial charge in [-0.15, -0.1) is 0 Å². The van der Waals surface area contributed by atoms with Crippen LogP contribution in [0.5, 0.6) is 0 Å². The first-order chi connectivity index (χ1) is 9.37. The molecule has 1 heterocycles. The van der Waals surface area contributed by atoms with E-state index in [2.05, 4.69) is 10.6 Å². The molecule has 1 aromatic carbocycles. The van der Waals surface area contributed by atoms with Crippen LogP contribution in [0.2, 0.25) is 0 Å². The molecule has 0 spiro atoms. The van der Waals surface area contributed by atoms with Gasteiger partial charge in [-0.05, 0) is 18.6 Å². The molecule has 1 atom stereocenters. The zero-order chi connectivity index (χ0) is 14.8. The van der Waals surface area contributed by atoms with E-state index in [0.29, 0.717) is 6.42 Å². The van der Waals surface area contributed by atoms with Crippen molar-refractivity contribution in [1.82, 2.24) is 5.32 Å². The summed E-state index contributed by atoms with van der Waals surface area (Å²) < 4.78 is 22.5. The molecular weight excluding hydrogens is 284 g/mol. The molecule has 1 aliphatic rings. The molecule has 20 heavy (non-hydrogen) atoms. The van der Waals surface area contributed by atoms with Crippen LogP contribution >= 0.6 is 0 Å². The molecule has 8 heteroatoms. The van der Waals surface area contributed by atoms with Crippen LogP contribution in [0.15, 0.2) is 24.3 Å². The summed E-state index contributed by atoms with van der Waals surface area (Å²) in [6.45, 7) is 0. The highest BCUT2D eigenvalue weighted by Gasteiger charge is 2.29. The van der Waals surface area contributed by atoms with Crippen molar-refractivity contribution >= 4 is 27.5 Å². The number of carboxylic acid groups (broad SMARTS) is 1. The lowest BCUT2D eigenvalue weighted by Crippen LogP contribution is -2.38. The summed E-state index contributed by atoms with van der Waals surface area (Å²) in [6, 6.07) is 4.95. The van der Waals surface area contributed by atoms with Crippen LogP contribution in [0.1, 0.15) is 16.8 Å². The predicted octanol–water partition coefficient (Wildman–Crippen LogP) is 0.693. The maximum Gasteiger partial charge on any atom is 0.337 e. The third kappa shape index (κ3) is 3.47. The van der Waals surface area contributed by atoms with Crippen molar-refractivity contribution < 1.29 is 23.1 Å². The predicted molar refractivity (Wildman–Crippen MR) is 72.6 cm³/mol. The van der Waals surface area contributed by atoms with Gasteiger partial charge in [-0.25, -0.2) is 18.0 Å². The minimum Gasteiger partial charge on any atom is -0.478 e. The number of aromatic carboxylic acids is 1. The third-order valence-corrected chi connectivity index (χ3v) is 4.74. The number of nitrogens with one attached hydrogen (secondary N) is 2. The van der Waals surface area contributed by atoms with E-state index in [1.54, 1.807) is 12.1 Å². The van der Waals surface area contributed by atoms with E-state index in [-0.39, 0.29) is 22.8 Å². The Kier molecular flexibility index (Phi) is 3.93. The van der Waals surface area contributed by atoms with Gasteiger partial charge in [0.15, 0.2) is 9.84 Å². The van der Waals surface area contributed by atoms with Gasteiger partial charge in [0.25, 0.3) is 0 Å². The molecule has 0 saturated carbocycles. The van der Waals surface area contributed by atoms with Gasteiger partial charge in [-0.3, -0.25) is 0 Å². The molecule has 3 N–H and O–H groups in total. The fourth-order valence-corrected chi connectivity index (χ4v) is 3.70. The first-order valence-corrected chi connectivity index (χ1v) is 7.80. The topological polar surface area (TPSA) is 113 Å². The molecule has 0 radical (unpaired) electrons. The number of anilines is 1. The summed E-state index contributed by atoms with van der Waals surface area (Å²) >= 11 is 0. The van der Waals surface area contributed by atoms with Gasteiger partial charge in [0.2, 0.25) is 0 Å². The zero-order valence-corrected chi connectivity index (χ0v) is 11.3. The summed E-state index contributed by atoms with van der Waals surface area (Å²) in [5, 5.41) is 13.9. The van der Waals surface area contributed by atoms with E-state index in [1.807, 2.05) is 0 Å². The molecule has 1 aromatic rings. The molecule has 1 aliphatic heterocycles. The molecule has 108 valence electrons. The molecule has 1 fully saturated rings. The average Bonchev–Trinajstić information content (AvgIpc) is 2.68. The standard InChI is InChI=1S/C12H14N2O5S/c15-11(16)9-3-1-2-4-10(9)14-12(17)13-8-5-6-20(18,19)7-8/h1-4,8H,5-7H2,(H,15,16)(H2,13,14,17)/t8-/m0/s1. The molecule has 0 bridgehead atoms. The number of carbonyl (C=O) groups excluding carboxylic acids is 1. The molecular formula is C12H14N2O5S. The number of sulfone groups is 1. The van der Waals surface area contributed by atoms with Crippen molar-refractivity contribution in [1.29, 1.82) is 0 Å².